The van der Waals surface area contributed by atoms with Crippen LogP contribution in [0.3, 0.4) is 0 Å². The molecule has 0 saturated carbocycles. The Labute approximate surface area is 184 Å². The van der Waals surface area contributed by atoms with Crippen LogP contribution in [0.1, 0.15) is 11.1 Å². The zero-order valence-electron chi connectivity index (χ0n) is 18.4. The van der Waals surface area contributed by atoms with E-state index in [2.05, 4.69) is 104 Å². The van der Waals surface area contributed by atoms with E-state index in [0.717, 1.165) is 34.0 Å². The molecule has 0 fully saturated rings. The van der Waals surface area contributed by atoms with Gasteiger partial charge in [-0.25, -0.2) is 0 Å². The van der Waals surface area contributed by atoms with Crippen LogP contribution in [0.5, 0.6) is 11.5 Å². The highest BCUT2D eigenvalue weighted by molar-refractivity contribution is 5.79. The van der Waals surface area contributed by atoms with Crippen LogP contribution in [0.15, 0.2) is 84.9 Å². The SMILES string of the molecule is COc1cc(-c2ccccc2C)ccc1Nc1ccc(-c2ccccc2C)cc1OC. The van der Waals surface area contributed by atoms with E-state index >= 15 is 0 Å². The Bertz CT molecular complexity index is 1120. The van der Waals surface area contributed by atoms with Gasteiger partial charge >= 0.3 is 0 Å². The first-order chi connectivity index (χ1) is 15.1. The molecule has 0 radical (unpaired) electrons. The molecule has 0 aliphatic heterocycles. The molecule has 1 N–H and O–H groups in total. The lowest BCUT2D eigenvalue weighted by molar-refractivity contribution is 0.414. The molecular weight excluding hydrogens is 382 g/mol. The van der Waals surface area contributed by atoms with Gasteiger partial charge in [0, 0.05) is 0 Å². The molecule has 4 rings (SSSR count). The average Bonchev–Trinajstić information content (AvgIpc) is 2.80. The minimum atomic E-state index is 0.783. The fourth-order valence-electron chi connectivity index (χ4n) is 3.86. The lowest BCUT2D eigenvalue weighted by Crippen LogP contribution is -1.98. The monoisotopic (exact) mass is 409 g/mol. The third-order valence-corrected chi connectivity index (χ3v) is 5.58. The van der Waals surface area contributed by atoms with E-state index in [4.69, 9.17) is 9.47 Å². The molecule has 0 amide bonds. The summed E-state index contributed by atoms with van der Waals surface area (Å²) in [5.74, 6) is 1.57. The van der Waals surface area contributed by atoms with Gasteiger partial charge in [-0.3, -0.25) is 0 Å². The molecule has 156 valence electrons. The largest absolute Gasteiger partial charge is 0.495 e. The summed E-state index contributed by atoms with van der Waals surface area (Å²) in [6, 6.07) is 29.2. The highest BCUT2D eigenvalue weighted by atomic mass is 16.5. The molecule has 0 aromatic heterocycles. The zero-order valence-corrected chi connectivity index (χ0v) is 18.4. The van der Waals surface area contributed by atoms with Crippen molar-refractivity contribution in [2.75, 3.05) is 19.5 Å². The Balaban J connectivity index is 1.67. The number of methoxy groups -OCH3 is 2. The molecule has 0 heterocycles. The number of nitrogens with one attached hydrogen (secondary N) is 1. The summed E-state index contributed by atoms with van der Waals surface area (Å²) in [7, 11) is 3.39. The lowest BCUT2D eigenvalue weighted by Gasteiger charge is -2.17. The van der Waals surface area contributed by atoms with E-state index in [9.17, 15) is 0 Å². The van der Waals surface area contributed by atoms with E-state index in [1.54, 1.807) is 14.2 Å². The Kier molecular flexibility index (Phi) is 5.94. The fourth-order valence-corrected chi connectivity index (χ4v) is 3.86. The van der Waals surface area contributed by atoms with Crippen LogP contribution in [0.4, 0.5) is 11.4 Å². The molecule has 31 heavy (non-hydrogen) atoms. The van der Waals surface area contributed by atoms with Crippen LogP contribution in [-0.2, 0) is 0 Å². The van der Waals surface area contributed by atoms with Crippen molar-refractivity contribution in [3.05, 3.63) is 96.1 Å². The van der Waals surface area contributed by atoms with Crippen molar-refractivity contribution in [1.29, 1.82) is 0 Å². The standard InChI is InChI=1S/C28H27NO2/c1-19-9-5-7-11-23(19)21-13-15-25(27(17-21)30-3)29-26-16-14-22(18-28(26)31-4)24-12-8-6-10-20(24)2/h5-18,29H,1-4H3. The maximum atomic E-state index is 5.70. The number of hydrogen-bond acceptors (Lipinski definition) is 3. The van der Waals surface area contributed by atoms with E-state index in [1.165, 1.54) is 22.3 Å². The second-order valence-electron chi connectivity index (χ2n) is 7.58. The van der Waals surface area contributed by atoms with Crippen molar-refractivity contribution in [2.24, 2.45) is 0 Å². The van der Waals surface area contributed by atoms with Gasteiger partial charge in [-0.1, -0.05) is 60.7 Å². The molecule has 0 aliphatic rings. The first-order valence-corrected chi connectivity index (χ1v) is 10.4. The Morgan fingerprint density at radius 1 is 0.548 bits per heavy atom. The first kappa shape index (κ1) is 20.5. The van der Waals surface area contributed by atoms with Crippen molar-refractivity contribution >= 4 is 11.4 Å². The summed E-state index contributed by atoms with van der Waals surface area (Å²) in [4.78, 5) is 0. The predicted molar refractivity (Wildman–Crippen MR) is 130 cm³/mol. The lowest BCUT2D eigenvalue weighted by atomic mass is 9.99. The molecule has 4 aromatic carbocycles. The van der Waals surface area contributed by atoms with Crippen LogP contribution in [0, 0.1) is 13.8 Å². The summed E-state index contributed by atoms with van der Waals surface area (Å²) in [6.07, 6.45) is 0. The minimum Gasteiger partial charge on any atom is -0.495 e. The van der Waals surface area contributed by atoms with Gasteiger partial charge in [-0.2, -0.15) is 0 Å². The van der Waals surface area contributed by atoms with Crippen molar-refractivity contribution in [2.45, 2.75) is 13.8 Å². The van der Waals surface area contributed by atoms with Gasteiger partial charge in [-0.15, -0.1) is 0 Å². The maximum Gasteiger partial charge on any atom is 0.142 e. The summed E-state index contributed by atoms with van der Waals surface area (Å²) >= 11 is 0. The van der Waals surface area contributed by atoms with Gasteiger partial charge in [0.1, 0.15) is 11.5 Å². The third kappa shape index (κ3) is 4.26. The number of aryl methyl sites for hydroxylation is 2. The van der Waals surface area contributed by atoms with Crippen molar-refractivity contribution < 1.29 is 9.47 Å². The molecule has 0 spiro atoms. The maximum absolute atomic E-state index is 5.70. The van der Waals surface area contributed by atoms with Gasteiger partial charge in [0.25, 0.3) is 0 Å². The van der Waals surface area contributed by atoms with Crippen molar-refractivity contribution in [3.63, 3.8) is 0 Å². The van der Waals surface area contributed by atoms with E-state index in [1.807, 2.05) is 0 Å². The Morgan fingerprint density at radius 3 is 1.35 bits per heavy atom. The van der Waals surface area contributed by atoms with Gasteiger partial charge in [-0.05, 0) is 71.5 Å². The fraction of sp³-hybridized carbons (Fsp3) is 0.143. The summed E-state index contributed by atoms with van der Waals surface area (Å²) in [6.45, 7) is 4.24. The van der Waals surface area contributed by atoms with Crippen LogP contribution >= 0.6 is 0 Å². The van der Waals surface area contributed by atoms with Gasteiger partial charge < -0.3 is 14.8 Å². The summed E-state index contributed by atoms with van der Waals surface area (Å²) < 4.78 is 11.4. The normalized spacial score (nSPS) is 10.6. The van der Waals surface area contributed by atoms with Gasteiger partial charge in [0.2, 0.25) is 0 Å². The first-order valence-electron chi connectivity index (χ1n) is 10.4. The molecule has 0 atom stereocenters. The van der Waals surface area contributed by atoms with Crippen LogP contribution in [-0.4, -0.2) is 14.2 Å². The van der Waals surface area contributed by atoms with Gasteiger partial charge in [0.15, 0.2) is 0 Å². The Hall–Kier alpha value is -3.72. The molecule has 0 bridgehead atoms. The second-order valence-corrected chi connectivity index (χ2v) is 7.58. The highest BCUT2D eigenvalue weighted by Crippen LogP contribution is 2.38. The van der Waals surface area contributed by atoms with Crippen molar-refractivity contribution in [1.82, 2.24) is 0 Å². The molecule has 0 unspecified atom stereocenters. The molecule has 0 saturated heterocycles. The van der Waals surface area contributed by atoms with E-state index in [-0.39, 0.29) is 0 Å². The second kappa shape index (κ2) is 8.97. The van der Waals surface area contributed by atoms with Crippen LogP contribution in [0.2, 0.25) is 0 Å². The van der Waals surface area contributed by atoms with E-state index in [0.29, 0.717) is 0 Å². The van der Waals surface area contributed by atoms with Crippen molar-refractivity contribution in [3.8, 4) is 33.8 Å². The molecular formula is C28H27NO2. The molecule has 3 nitrogen and oxygen atoms in total. The van der Waals surface area contributed by atoms with Crippen LogP contribution in [0.25, 0.3) is 22.3 Å². The van der Waals surface area contributed by atoms with Crippen LogP contribution < -0.4 is 14.8 Å². The number of benzene rings is 4. The third-order valence-electron chi connectivity index (χ3n) is 5.58. The summed E-state index contributed by atoms with van der Waals surface area (Å²) in [5, 5.41) is 3.48. The van der Waals surface area contributed by atoms with E-state index < -0.39 is 0 Å². The molecule has 3 heteroatoms. The topological polar surface area (TPSA) is 30.5 Å². The molecule has 4 aromatic rings. The molecule has 0 aliphatic carbocycles. The minimum absolute atomic E-state index is 0.783. The zero-order chi connectivity index (χ0) is 21.8. The summed E-state index contributed by atoms with van der Waals surface area (Å²) in [5.41, 5.74) is 8.91. The quantitative estimate of drug-likeness (QED) is 0.360. The highest BCUT2D eigenvalue weighted by Gasteiger charge is 2.12. The number of anilines is 2. The smallest absolute Gasteiger partial charge is 0.142 e. The predicted octanol–water partition coefficient (Wildman–Crippen LogP) is 7.40. The number of rotatable bonds is 6. The number of ether oxygens (including phenoxy) is 2. The Morgan fingerprint density at radius 2 is 0.968 bits per heavy atom. The van der Waals surface area contributed by atoms with Gasteiger partial charge in [0.05, 0.1) is 25.6 Å². The average molecular weight is 410 g/mol. The number of hydrogen-bond donors (Lipinski definition) is 1.